The monoisotopic (exact) mass is 207 g/mol. The van der Waals surface area contributed by atoms with E-state index in [9.17, 15) is 0 Å². The van der Waals surface area contributed by atoms with Gasteiger partial charge in [-0.25, -0.2) is 0 Å². The summed E-state index contributed by atoms with van der Waals surface area (Å²) in [6.07, 6.45) is 7.38. The number of unbranched alkanes of at least 4 members (excludes halogenated alkanes) is 1. The van der Waals surface area contributed by atoms with Crippen molar-refractivity contribution in [1.29, 1.82) is 0 Å². The molecule has 0 spiro atoms. The van der Waals surface area contributed by atoms with Crippen LogP contribution in [0.3, 0.4) is 0 Å². The van der Waals surface area contributed by atoms with Crippen LogP contribution in [0.5, 0.6) is 5.75 Å². The first kappa shape index (κ1) is 12.0. The molecule has 0 saturated carbocycles. The van der Waals surface area contributed by atoms with Crippen LogP contribution in [0.2, 0.25) is 0 Å². The summed E-state index contributed by atoms with van der Waals surface area (Å²) in [5.74, 6) is 0.845. The summed E-state index contributed by atoms with van der Waals surface area (Å²) in [5.41, 5.74) is 1.45. The SMILES string of the molecule is CCCCC(C)(C)c1cncc(OC)c1. The summed E-state index contributed by atoms with van der Waals surface area (Å²) in [4.78, 5) is 4.20. The van der Waals surface area contributed by atoms with E-state index in [1.807, 2.05) is 6.20 Å². The van der Waals surface area contributed by atoms with Crippen LogP contribution in [-0.2, 0) is 5.41 Å². The molecule has 0 aliphatic rings. The summed E-state index contributed by atoms with van der Waals surface area (Å²) in [6, 6.07) is 2.09. The quantitative estimate of drug-likeness (QED) is 0.736. The second kappa shape index (κ2) is 5.15. The Balaban J connectivity index is 2.83. The van der Waals surface area contributed by atoms with E-state index in [4.69, 9.17) is 4.74 Å². The average molecular weight is 207 g/mol. The molecule has 0 unspecified atom stereocenters. The van der Waals surface area contributed by atoms with Crippen molar-refractivity contribution >= 4 is 0 Å². The second-order valence-corrected chi connectivity index (χ2v) is 4.60. The van der Waals surface area contributed by atoms with E-state index < -0.39 is 0 Å². The Hall–Kier alpha value is -1.05. The molecule has 0 atom stereocenters. The number of ether oxygens (including phenoxy) is 1. The van der Waals surface area contributed by atoms with E-state index in [0.29, 0.717) is 0 Å². The van der Waals surface area contributed by atoms with Crippen molar-refractivity contribution in [3.05, 3.63) is 24.0 Å². The molecular weight excluding hydrogens is 186 g/mol. The Kier molecular flexibility index (Phi) is 4.13. The summed E-state index contributed by atoms with van der Waals surface area (Å²) < 4.78 is 5.19. The second-order valence-electron chi connectivity index (χ2n) is 4.60. The lowest BCUT2D eigenvalue weighted by molar-refractivity contribution is 0.406. The molecule has 0 aliphatic heterocycles. The number of nitrogens with zero attached hydrogens (tertiary/aromatic N) is 1. The molecule has 0 radical (unpaired) electrons. The zero-order valence-corrected chi connectivity index (χ0v) is 10.2. The van der Waals surface area contributed by atoms with Gasteiger partial charge in [0.15, 0.2) is 0 Å². The van der Waals surface area contributed by atoms with Gasteiger partial charge in [-0.2, -0.15) is 0 Å². The standard InChI is InChI=1S/C13H21NO/c1-5-6-7-13(2,3)11-8-12(15-4)10-14-9-11/h8-10H,5-7H2,1-4H3. The molecule has 0 N–H and O–H groups in total. The first-order valence-electron chi connectivity index (χ1n) is 5.59. The summed E-state index contributed by atoms with van der Waals surface area (Å²) in [6.45, 7) is 6.75. The third-order valence-corrected chi connectivity index (χ3v) is 2.89. The molecule has 0 aromatic carbocycles. The normalized spacial score (nSPS) is 11.5. The molecule has 1 aromatic heterocycles. The van der Waals surface area contributed by atoms with Gasteiger partial charge in [0.2, 0.25) is 0 Å². The van der Waals surface area contributed by atoms with Crippen molar-refractivity contribution in [1.82, 2.24) is 4.98 Å². The van der Waals surface area contributed by atoms with Crippen LogP contribution in [0.25, 0.3) is 0 Å². The fourth-order valence-corrected chi connectivity index (χ4v) is 1.66. The van der Waals surface area contributed by atoms with Crippen molar-refractivity contribution < 1.29 is 4.74 Å². The van der Waals surface area contributed by atoms with Crippen molar-refractivity contribution in [2.24, 2.45) is 0 Å². The maximum atomic E-state index is 5.19. The predicted octanol–water partition coefficient (Wildman–Crippen LogP) is 3.56. The average Bonchev–Trinajstić information content (AvgIpc) is 2.26. The lowest BCUT2D eigenvalue weighted by Gasteiger charge is -2.24. The summed E-state index contributed by atoms with van der Waals surface area (Å²) >= 11 is 0. The van der Waals surface area contributed by atoms with E-state index in [-0.39, 0.29) is 5.41 Å². The zero-order valence-electron chi connectivity index (χ0n) is 10.2. The van der Waals surface area contributed by atoms with Crippen LogP contribution in [0, 0.1) is 0 Å². The number of pyridine rings is 1. The maximum Gasteiger partial charge on any atom is 0.137 e. The summed E-state index contributed by atoms with van der Waals surface area (Å²) in [7, 11) is 1.68. The van der Waals surface area contributed by atoms with Crippen LogP contribution in [-0.4, -0.2) is 12.1 Å². The van der Waals surface area contributed by atoms with Gasteiger partial charge in [0, 0.05) is 6.20 Å². The molecule has 0 bridgehead atoms. The third-order valence-electron chi connectivity index (χ3n) is 2.89. The molecule has 0 saturated heterocycles. The smallest absolute Gasteiger partial charge is 0.137 e. The van der Waals surface area contributed by atoms with Gasteiger partial charge < -0.3 is 4.74 Å². The number of hydrogen-bond donors (Lipinski definition) is 0. The topological polar surface area (TPSA) is 22.1 Å². The fourth-order valence-electron chi connectivity index (χ4n) is 1.66. The van der Waals surface area contributed by atoms with E-state index in [1.54, 1.807) is 13.3 Å². The van der Waals surface area contributed by atoms with Gasteiger partial charge in [0.25, 0.3) is 0 Å². The number of rotatable bonds is 5. The van der Waals surface area contributed by atoms with Crippen molar-refractivity contribution in [3.8, 4) is 5.75 Å². The van der Waals surface area contributed by atoms with Gasteiger partial charge >= 0.3 is 0 Å². The van der Waals surface area contributed by atoms with Gasteiger partial charge in [-0.1, -0.05) is 33.6 Å². The van der Waals surface area contributed by atoms with Crippen LogP contribution < -0.4 is 4.74 Å². The van der Waals surface area contributed by atoms with Gasteiger partial charge in [0.05, 0.1) is 13.3 Å². The highest BCUT2D eigenvalue weighted by Gasteiger charge is 2.20. The van der Waals surface area contributed by atoms with Crippen molar-refractivity contribution in [3.63, 3.8) is 0 Å². The highest BCUT2D eigenvalue weighted by atomic mass is 16.5. The fraction of sp³-hybridized carbons (Fsp3) is 0.615. The summed E-state index contributed by atoms with van der Waals surface area (Å²) in [5, 5.41) is 0. The molecule has 1 rings (SSSR count). The number of hydrogen-bond acceptors (Lipinski definition) is 2. The molecule has 1 aromatic rings. The molecule has 0 amide bonds. The minimum Gasteiger partial charge on any atom is -0.495 e. The minimum absolute atomic E-state index is 0.192. The predicted molar refractivity (Wildman–Crippen MR) is 63.3 cm³/mol. The molecule has 84 valence electrons. The number of aromatic nitrogens is 1. The Bertz CT molecular complexity index is 307. The highest BCUT2D eigenvalue weighted by Crippen LogP contribution is 2.30. The van der Waals surface area contributed by atoms with E-state index >= 15 is 0 Å². The molecule has 15 heavy (non-hydrogen) atoms. The van der Waals surface area contributed by atoms with E-state index in [1.165, 1.54) is 24.8 Å². The molecule has 0 aliphatic carbocycles. The molecule has 0 fully saturated rings. The van der Waals surface area contributed by atoms with Crippen molar-refractivity contribution in [2.45, 2.75) is 45.4 Å². The molecule has 1 heterocycles. The Morgan fingerprint density at radius 1 is 1.33 bits per heavy atom. The minimum atomic E-state index is 0.192. The highest BCUT2D eigenvalue weighted by molar-refractivity contribution is 5.28. The van der Waals surface area contributed by atoms with Crippen LogP contribution in [0.4, 0.5) is 0 Å². The zero-order chi connectivity index (χ0) is 11.3. The molecule has 2 nitrogen and oxygen atoms in total. The van der Waals surface area contributed by atoms with Crippen molar-refractivity contribution in [2.75, 3.05) is 7.11 Å². The Morgan fingerprint density at radius 3 is 2.67 bits per heavy atom. The lowest BCUT2D eigenvalue weighted by Crippen LogP contribution is -2.17. The molecule has 2 heteroatoms. The van der Waals surface area contributed by atoms with Crippen LogP contribution in [0.1, 0.15) is 45.6 Å². The van der Waals surface area contributed by atoms with E-state index in [2.05, 4.69) is 31.8 Å². The van der Waals surface area contributed by atoms with Gasteiger partial charge in [-0.15, -0.1) is 0 Å². The molecular formula is C13H21NO. The first-order valence-corrected chi connectivity index (χ1v) is 5.59. The lowest BCUT2D eigenvalue weighted by atomic mass is 9.81. The number of methoxy groups -OCH3 is 1. The van der Waals surface area contributed by atoms with Gasteiger partial charge in [0.1, 0.15) is 5.75 Å². The van der Waals surface area contributed by atoms with Gasteiger partial charge in [-0.05, 0) is 23.5 Å². The first-order chi connectivity index (χ1) is 7.10. The Labute approximate surface area is 92.7 Å². The van der Waals surface area contributed by atoms with Crippen LogP contribution in [0.15, 0.2) is 18.5 Å². The van der Waals surface area contributed by atoms with Crippen LogP contribution >= 0.6 is 0 Å². The van der Waals surface area contributed by atoms with Gasteiger partial charge in [-0.3, -0.25) is 4.98 Å². The maximum absolute atomic E-state index is 5.19. The third kappa shape index (κ3) is 3.22. The van der Waals surface area contributed by atoms with E-state index in [0.717, 1.165) is 5.75 Å². The Morgan fingerprint density at radius 2 is 2.07 bits per heavy atom. The largest absolute Gasteiger partial charge is 0.495 e.